The van der Waals surface area contributed by atoms with E-state index in [2.05, 4.69) is 64.9 Å². The second-order valence-electron chi connectivity index (χ2n) is 6.54. The van der Waals surface area contributed by atoms with Gasteiger partial charge in [-0.25, -0.2) is 0 Å². The summed E-state index contributed by atoms with van der Waals surface area (Å²) in [7, 11) is 0. The maximum Gasteiger partial charge on any atom is 0.113 e. The zero-order chi connectivity index (χ0) is 15.9. The number of aromatic nitrogens is 3. The minimum absolute atomic E-state index is 0.158. The summed E-state index contributed by atoms with van der Waals surface area (Å²) in [6, 6.07) is 12.8. The van der Waals surface area contributed by atoms with Gasteiger partial charge in [0.1, 0.15) is 11.0 Å². The maximum absolute atomic E-state index is 5.84. The first-order valence-corrected chi connectivity index (χ1v) is 7.88. The molecule has 2 N–H and O–H groups in total. The number of aromatic amines is 1. The van der Waals surface area contributed by atoms with Crippen LogP contribution in [0.15, 0.2) is 36.4 Å². The van der Waals surface area contributed by atoms with Crippen LogP contribution in [-0.4, -0.2) is 15.4 Å². The molecule has 0 spiro atoms. The van der Waals surface area contributed by atoms with Crippen LogP contribution in [0.25, 0.3) is 11.0 Å². The molecule has 0 amide bonds. The summed E-state index contributed by atoms with van der Waals surface area (Å²) >= 11 is 0. The Morgan fingerprint density at radius 1 is 1.04 bits per heavy atom. The summed E-state index contributed by atoms with van der Waals surface area (Å²) in [4.78, 5) is 0. The number of rotatable bonds is 4. The molecule has 1 aliphatic heterocycles. The van der Waals surface area contributed by atoms with Crippen LogP contribution in [0.3, 0.4) is 0 Å². The molecule has 0 atom stereocenters. The molecule has 4 rings (SSSR count). The Bertz CT molecular complexity index is 853. The summed E-state index contributed by atoms with van der Waals surface area (Å²) in [6.07, 6.45) is 0. The fourth-order valence-electron chi connectivity index (χ4n) is 3.15. The lowest BCUT2D eigenvalue weighted by Crippen LogP contribution is -2.15. The number of nitrogens with zero attached hydrogens (tertiary/aromatic N) is 2. The molecule has 0 unspecified atom stereocenters. The van der Waals surface area contributed by atoms with Crippen molar-refractivity contribution in [1.29, 1.82) is 0 Å². The predicted molar refractivity (Wildman–Crippen MR) is 88.7 cm³/mol. The predicted octanol–water partition coefficient (Wildman–Crippen LogP) is 3.01. The Morgan fingerprint density at radius 3 is 2.65 bits per heavy atom. The van der Waals surface area contributed by atoms with Gasteiger partial charge in [-0.1, -0.05) is 24.3 Å². The lowest BCUT2D eigenvalue weighted by atomic mass is 9.95. The molecule has 1 aromatic heterocycles. The highest BCUT2D eigenvalue weighted by Crippen LogP contribution is 2.35. The minimum Gasteiger partial charge on any atom is -0.366 e. The molecule has 1 aliphatic rings. The number of hydrogen-bond acceptors (Lipinski definition) is 4. The van der Waals surface area contributed by atoms with E-state index in [-0.39, 0.29) is 5.60 Å². The molecular weight excluding hydrogens is 288 g/mol. The van der Waals surface area contributed by atoms with Gasteiger partial charge in [0.2, 0.25) is 0 Å². The highest BCUT2D eigenvalue weighted by Gasteiger charge is 2.30. The minimum atomic E-state index is -0.158. The van der Waals surface area contributed by atoms with E-state index in [1.165, 1.54) is 22.3 Å². The van der Waals surface area contributed by atoms with Crippen molar-refractivity contribution in [2.75, 3.05) is 0 Å². The Morgan fingerprint density at radius 2 is 1.78 bits per heavy atom. The Labute approximate surface area is 135 Å². The number of benzene rings is 2. The molecule has 0 saturated heterocycles. The van der Waals surface area contributed by atoms with E-state index in [1.807, 2.05) is 6.07 Å². The molecule has 0 fully saturated rings. The van der Waals surface area contributed by atoms with Crippen molar-refractivity contribution in [3.05, 3.63) is 58.7 Å². The number of nitrogens with one attached hydrogen (secondary N) is 2. The van der Waals surface area contributed by atoms with Crippen LogP contribution >= 0.6 is 0 Å². The monoisotopic (exact) mass is 308 g/mol. The molecule has 2 heterocycles. The smallest absolute Gasteiger partial charge is 0.113 e. The number of hydrogen-bond donors (Lipinski definition) is 2. The highest BCUT2D eigenvalue weighted by molar-refractivity contribution is 5.74. The number of ether oxygens (including phenoxy) is 1. The van der Waals surface area contributed by atoms with Gasteiger partial charge in [0.25, 0.3) is 0 Å². The summed E-state index contributed by atoms with van der Waals surface area (Å²) in [5.41, 5.74) is 6.74. The van der Waals surface area contributed by atoms with Crippen molar-refractivity contribution >= 4 is 11.0 Å². The zero-order valence-electron chi connectivity index (χ0n) is 13.4. The van der Waals surface area contributed by atoms with Crippen LogP contribution in [0.5, 0.6) is 0 Å². The van der Waals surface area contributed by atoms with Gasteiger partial charge < -0.3 is 10.1 Å². The van der Waals surface area contributed by atoms with Gasteiger partial charge in [0, 0.05) is 13.1 Å². The van der Waals surface area contributed by atoms with Crippen LogP contribution in [0.4, 0.5) is 0 Å². The number of fused-ring (bicyclic) bond motifs is 2. The molecule has 0 aliphatic carbocycles. The Balaban J connectivity index is 1.41. The highest BCUT2D eigenvalue weighted by atomic mass is 16.5. The summed E-state index contributed by atoms with van der Waals surface area (Å²) in [5, 5.41) is 14.3. The third kappa shape index (κ3) is 2.73. The average Bonchev–Trinajstić information content (AvgIpc) is 3.11. The molecular formula is C18H20N4O. The summed E-state index contributed by atoms with van der Waals surface area (Å²) < 4.78 is 5.84. The molecule has 0 radical (unpaired) electrons. The van der Waals surface area contributed by atoms with E-state index >= 15 is 0 Å². The molecule has 23 heavy (non-hydrogen) atoms. The van der Waals surface area contributed by atoms with Crippen molar-refractivity contribution in [3.63, 3.8) is 0 Å². The third-order valence-electron chi connectivity index (χ3n) is 4.45. The second-order valence-corrected chi connectivity index (χ2v) is 6.54. The molecule has 5 heteroatoms. The van der Waals surface area contributed by atoms with Crippen molar-refractivity contribution < 1.29 is 4.74 Å². The van der Waals surface area contributed by atoms with Crippen LogP contribution in [-0.2, 0) is 30.0 Å². The Kier molecular flexibility index (Phi) is 3.39. The topological polar surface area (TPSA) is 62.8 Å². The summed E-state index contributed by atoms with van der Waals surface area (Å²) in [5.74, 6) is 0. The normalized spacial score (nSPS) is 15.9. The van der Waals surface area contributed by atoms with E-state index < -0.39 is 0 Å². The quantitative estimate of drug-likeness (QED) is 0.778. The van der Waals surface area contributed by atoms with Crippen LogP contribution in [0.2, 0.25) is 0 Å². The van der Waals surface area contributed by atoms with E-state index in [0.29, 0.717) is 6.61 Å². The van der Waals surface area contributed by atoms with Crippen molar-refractivity contribution in [1.82, 2.24) is 20.7 Å². The van der Waals surface area contributed by atoms with Gasteiger partial charge in [0.05, 0.1) is 12.2 Å². The second kappa shape index (κ2) is 5.44. The first-order chi connectivity index (χ1) is 11.1. The van der Waals surface area contributed by atoms with E-state index in [0.717, 1.165) is 24.1 Å². The molecule has 2 aromatic carbocycles. The van der Waals surface area contributed by atoms with Gasteiger partial charge in [-0.05, 0) is 48.2 Å². The number of H-pyrrole nitrogens is 1. The van der Waals surface area contributed by atoms with Crippen LogP contribution in [0, 0.1) is 0 Å². The maximum atomic E-state index is 5.84. The van der Waals surface area contributed by atoms with Gasteiger partial charge in [-0.3, -0.25) is 0 Å². The largest absolute Gasteiger partial charge is 0.366 e. The van der Waals surface area contributed by atoms with Gasteiger partial charge in [0.15, 0.2) is 0 Å². The molecule has 3 aromatic rings. The third-order valence-corrected chi connectivity index (χ3v) is 4.45. The molecule has 5 nitrogen and oxygen atoms in total. The van der Waals surface area contributed by atoms with E-state index in [4.69, 9.17) is 4.74 Å². The first-order valence-electron chi connectivity index (χ1n) is 7.88. The fraction of sp³-hybridized carbons (Fsp3) is 0.333. The first kappa shape index (κ1) is 14.4. The SMILES string of the molecule is CC1(C)OCc2cc(CNCc3ccc4n[nH]nc4c3)ccc21. The van der Waals surface area contributed by atoms with Gasteiger partial charge in [-0.15, -0.1) is 0 Å². The van der Waals surface area contributed by atoms with Gasteiger partial charge >= 0.3 is 0 Å². The summed E-state index contributed by atoms with van der Waals surface area (Å²) in [6.45, 7) is 6.60. The lowest BCUT2D eigenvalue weighted by Gasteiger charge is -2.18. The average molecular weight is 308 g/mol. The van der Waals surface area contributed by atoms with Crippen molar-refractivity contribution in [2.24, 2.45) is 0 Å². The van der Waals surface area contributed by atoms with Gasteiger partial charge in [-0.2, -0.15) is 15.4 Å². The Hall–Kier alpha value is -2.24. The standard InChI is InChI=1S/C18H20N4O/c1-18(2)15-5-3-12(7-14(15)11-23-18)9-19-10-13-4-6-16-17(8-13)21-22-20-16/h3-8,19H,9-11H2,1-2H3,(H,20,21,22). The molecule has 0 saturated carbocycles. The fourth-order valence-corrected chi connectivity index (χ4v) is 3.15. The molecule has 118 valence electrons. The van der Waals surface area contributed by atoms with Crippen LogP contribution < -0.4 is 5.32 Å². The zero-order valence-corrected chi connectivity index (χ0v) is 13.4. The van der Waals surface area contributed by atoms with Crippen molar-refractivity contribution in [3.8, 4) is 0 Å². The molecule has 0 bridgehead atoms. The lowest BCUT2D eigenvalue weighted by molar-refractivity contribution is -0.00789. The van der Waals surface area contributed by atoms with E-state index in [1.54, 1.807) is 0 Å². The van der Waals surface area contributed by atoms with Crippen LogP contribution in [0.1, 0.15) is 36.1 Å². The van der Waals surface area contributed by atoms with Crippen molar-refractivity contribution in [2.45, 2.75) is 39.1 Å². The van der Waals surface area contributed by atoms with E-state index in [9.17, 15) is 0 Å².